The van der Waals surface area contributed by atoms with Gasteiger partial charge in [-0.15, -0.1) is 0 Å². The highest BCUT2D eigenvalue weighted by Crippen LogP contribution is 2.33. The molecule has 0 saturated heterocycles. The largest absolute Gasteiger partial charge is 0.479 e. The maximum absolute atomic E-state index is 13.1. The van der Waals surface area contributed by atoms with Gasteiger partial charge in [0, 0.05) is 6.42 Å². The van der Waals surface area contributed by atoms with Crippen molar-refractivity contribution in [3.05, 3.63) is 41.7 Å². The number of benzene rings is 1. The van der Waals surface area contributed by atoms with Crippen LogP contribution >= 0.6 is 0 Å². The van der Waals surface area contributed by atoms with E-state index in [0.717, 1.165) is 12.1 Å². The van der Waals surface area contributed by atoms with Crippen molar-refractivity contribution in [2.75, 3.05) is 0 Å². The molecule has 3 atom stereocenters. The summed E-state index contributed by atoms with van der Waals surface area (Å²) >= 11 is 0. The molecule has 0 radical (unpaired) electrons. The average Bonchev–Trinajstić information content (AvgIpc) is 2.33. The Balaban J connectivity index is 2.52. The van der Waals surface area contributed by atoms with E-state index in [1.807, 2.05) is 0 Å². The zero-order valence-corrected chi connectivity index (χ0v) is 9.82. The fourth-order valence-corrected chi connectivity index (χ4v) is 2.11. The lowest BCUT2D eigenvalue weighted by atomic mass is 9.80. The van der Waals surface area contributed by atoms with Crippen LogP contribution in [0.3, 0.4) is 0 Å². The van der Waals surface area contributed by atoms with Crippen molar-refractivity contribution >= 4 is 11.5 Å². The first kappa shape index (κ1) is 13.7. The van der Waals surface area contributed by atoms with Crippen LogP contribution < -0.4 is 0 Å². The third kappa shape index (κ3) is 2.51. The van der Waals surface area contributed by atoms with Crippen LogP contribution in [0.4, 0.5) is 4.39 Å². The highest BCUT2D eigenvalue weighted by molar-refractivity contribution is 5.85. The molecule has 4 N–H and O–H groups in total. The monoisotopic (exact) mass is 268 g/mol. The topological polar surface area (TPSA) is 98.0 Å². The first-order valence-corrected chi connectivity index (χ1v) is 5.64. The highest BCUT2D eigenvalue weighted by atomic mass is 19.1. The second-order valence-corrected chi connectivity index (χ2v) is 4.56. The fourth-order valence-electron chi connectivity index (χ4n) is 2.11. The van der Waals surface area contributed by atoms with E-state index >= 15 is 0 Å². The predicted octanol–water partition coefficient (Wildman–Crippen LogP) is 0.150. The molecule has 0 aliphatic heterocycles. The summed E-state index contributed by atoms with van der Waals surface area (Å²) in [4.78, 5) is 11.0. The van der Waals surface area contributed by atoms with Crippen molar-refractivity contribution in [1.82, 2.24) is 0 Å². The average molecular weight is 268 g/mol. The minimum atomic E-state index is -2.28. The van der Waals surface area contributed by atoms with Gasteiger partial charge in [0.15, 0.2) is 5.60 Å². The number of aliphatic hydroxyl groups excluding tert-OH is 2. The molecule has 0 saturated carbocycles. The van der Waals surface area contributed by atoms with E-state index in [0.29, 0.717) is 0 Å². The Hall–Kier alpha value is -1.76. The second-order valence-electron chi connectivity index (χ2n) is 4.56. The van der Waals surface area contributed by atoms with Crippen molar-refractivity contribution in [3.8, 4) is 0 Å². The van der Waals surface area contributed by atoms with E-state index in [9.17, 15) is 24.5 Å². The highest BCUT2D eigenvalue weighted by Gasteiger charge is 2.43. The molecular formula is C13H13FO5. The van der Waals surface area contributed by atoms with Gasteiger partial charge in [-0.25, -0.2) is 9.18 Å². The van der Waals surface area contributed by atoms with E-state index in [1.165, 1.54) is 18.2 Å². The second kappa shape index (κ2) is 4.73. The predicted molar refractivity (Wildman–Crippen MR) is 63.6 cm³/mol. The van der Waals surface area contributed by atoms with Crippen LogP contribution in [0.25, 0.3) is 5.57 Å². The van der Waals surface area contributed by atoms with Gasteiger partial charge in [0.1, 0.15) is 11.9 Å². The third-order valence-electron chi connectivity index (χ3n) is 3.13. The maximum Gasteiger partial charge on any atom is 0.339 e. The Morgan fingerprint density at radius 2 is 2.05 bits per heavy atom. The van der Waals surface area contributed by atoms with Crippen LogP contribution in [0.15, 0.2) is 30.3 Å². The van der Waals surface area contributed by atoms with Gasteiger partial charge >= 0.3 is 5.97 Å². The molecule has 102 valence electrons. The minimum Gasteiger partial charge on any atom is -0.479 e. The standard InChI is InChI=1S/C13H13FO5/c14-8-3-1-2-7(4-8)9-5-13(19,12(17)18)6-10(15)11(9)16/h1-5,10-11,15-16,19H,6H2,(H,17,18)/t10-,11-,13+/m1/s1. The van der Waals surface area contributed by atoms with Crippen molar-refractivity contribution in [2.24, 2.45) is 0 Å². The molecule has 0 amide bonds. The minimum absolute atomic E-state index is 0.0110. The number of halogens is 1. The molecule has 2 rings (SSSR count). The SMILES string of the molecule is O=C(O)[C@]1(O)C=C(c2cccc(F)c2)[C@@H](O)[C@H](O)C1. The van der Waals surface area contributed by atoms with Crippen molar-refractivity contribution in [2.45, 2.75) is 24.2 Å². The summed E-state index contributed by atoms with van der Waals surface area (Å²) in [5, 5.41) is 38.4. The quantitative estimate of drug-likeness (QED) is 0.612. The Morgan fingerprint density at radius 3 is 2.63 bits per heavy atom. The molecule has 1 aliphatic rings. The van der Waals surface area contributed by atoms with Crippen LogP contribution in [0.2, 0.25) is 0 Å². The molecule has 6 heteroatoms. The van der Waals surface area contributed by atoms with Crippen LogP contribution in [-0.2, 0) is 4.79 Å². The Bertz CT molecular complexity index is 542. The molecule has 0 unspecified atom stereocenters. The van der Waals surface area contributed by atoms with Crippen LogP contribution in [0.5, 0.6) is 0 Å². The Kier molecular flexibility index (Phi) is 3.40. The number of hydrogen-bond acceptors (Lipinski definition) is 4. The number of hydrogen-bond donors (Lipinski definition) is 4. The molecule has 0 bridgehead atoms. The van der Waals surface area contributed by atoms with Gasteiger partial charge in [-0.1, -0.05) is 12.1 Å². The number of rotatable bonds is 2. The molecule has 0 aromatic heterocycles. The van der Waals surface area contributed by atoms with Crippen LogP contribution in [0, 0.1) is 5.82 Å². The van der Waals surface area contributed by atoms with Gasteiger partial charge in [0.25, 0.3) is 0 Å². The van der Waals surface area contributed by atoms with E-state index < -0.39 is 36.0 Å². The summed E-state index contributed by atoms with van der Waals surface area (Å²) in [6.45, 7) is 0. The summed E-state index contributed by atoms with van der Waals surface area (Å²) in [7, 11) is 0. The smallest absolute Gasteiger partial charge is 0.339 e. The van der Waals surface area contributed by atoms with Crippen LogP contribution in [0.1, 0.15) is 12.0 Å². The normalized spacial score (nSPS) is 30.8. The van der Waals surface area contributed by atoms with Crippen LogP contribution in [-0.4, -0.2) is 44.2 Å². The van der Waals surface area contributed by atoms with Gasteiger partial charge in [-0.3, -0.25) is 0 Å². The fraction of sp³-hybridized carbons (Fsp3) is 0.308. The lowest BCUT2D eigenvalue weighted by Crippen LogP contribution is -2.47. The van der Waals surface area contributed by atoms with Crippen molar-refractivity contribution in [1.29, 1.82) is 0 Å². The van der Waals surface area contributed by atoms with E-state index in [2.05, 4.69) is 0 Å². The maximum atomic E-state index is 13.1. The third-order valence-corrected chi connectivity index (χ3v) is 3.13. The molecule has 5 nitrogen and oxygen atoms in total. The number of carbonyl (C=O) groups is 1. The number of aliphatic carboxylic acids is 1. The summed E-state index contributed by atoms with van der Waals surface area (Å²) < 4.78 is 13.1. The lowest BCUT2D eigenvalue weighted by Gasteiger charge is -2.33. The number of carboxylic acid groups (broad SMARTS) is 1. The van der Waals surface area contributed by atoms with Crippen molar-refractivity contribution < 1.29 is 29.6 Å². The lowest BCUT2D eigenvalue weighted by molar-refractivity contribution is -0.157. The van der Waals surface area contributed by atoms with Gasteiger partial charge in [0.2, 0.25) is 0 Å². The van der Waals surface area contributed by atoms with Gasteiger partial charge in [-0.2, -0.15) is 0 Å². The Morgan fingerprint density at radius 1 is 1.37 bits per heavy atom. The van der Waals surface area contributed by atoms with E-state index in [4.69, 9.17) is 5.11 Å². The molecule has 1 aliphatic carbocycles. The molecule has 19 heavy (non-hydrogen) atoms. The zero-order chi connectivity index (χ0) is 14.2. The molecule has 0 heterocycles. The number of carboxylic acids is 1. The van der Waals surface area contributed by atoms with Gasteiger partial charge in [0.05, 0.1) is 6.10 Å². The number of aliphatic hydroxyl groups is 3. The van der Waals surface area contributed by atoms with E-state index in [-0.39, 0.29) is 11.1 Å². The summed E-state index contributed by atoms with van der Waals surface area (Å²) in [6.07, 6.45) is -2.39. The Labute approximate surface area is 108 Å². The summed E-state index contributed by atoms with van der Waals surface area (Å²) in [6, 6.07) is 5.13. The molecule has 0 spiro atoms. The van der Waals surface area contributed by atoms with Crippen molar-refractivity contribution in [3.63, 3.8) is 0 Å². The summed E-state index contributed by atoms with van der Waals surface area (Å²) in [5.41, 5.74) is -2.07. The molecular weight excluding hydrogens is 255 g/mol. The van der Waals surface area contributed by atoms with Gasteiger partial charge < -0.3 is 20.4 Å². The van der Waals surface area contributed by atoms with E-state index in [1.54, 1.807) is 0 Å². The van der Waals surface area contributed by atoms with Gasteiger partial charge in [-0.05, 0) is 29.3 Å². The zero-order valence-electron chi connectivity index (χ0n) is 9.82. The molecule has 0 fully saturated rings. The first-order chi connectivity index (χ1) is 8.83. The molecule has 1 aromatic carbocycles. The first-order valence-electron chi connectivity index (χ1n) is 5.64. The molecule has 1 aromatic rings. The summed E-state index contributed by atoms with van der Waals surface area (Å²) in [5.74, 6) is -2.10.